The fraction of sp³-hybridized carbons (Fsp3) is 0.500. The number of hydrogen-bond donors (Lipinski definition) is 0. The summed E-state index contributed by atoms with van der Waals surface area (Å²) in [4.78, 5) is 0.348. The van der Waals surface area contributed by atoms with E-state index in [0.717, 1.165) is 0 Å². The van der Waals surface area contributed by atoms with E-state index in [9.17, 15) is 0 Å². The third-order valence-corrected chi connectivity index (χ3v) is 7.61. The summed E-state index contributed by atoms with van der Waals surface area (Å²) in [6.45, 7) is 6.68. The molecule has 0 saturated carbocycles. The molecule has 3 rings (SSSR count). The maximum Gasteiger partial charge on any atom is 0.0596 e. The van der Waals surface area contributed by atoms with E-state index in [2.05, 4.69) is 76.2 Å². The zero-order valence-corrected chi connectivity index (χ0v) is 15.8. The van der Waals surface area contributed by atoms with Gasteiger partial charge in [-0.3, -0.25) is 0 Å². The lowest BCUT2D eigenvalue weighted by Crippen LogP contribution is -2.21. The number of benzene rings is 1. The van der Waals surface area contributed by atoms with Crippen molar-refractivity contribution in [3.05, 3.63) is 33.6 Å². The van der Waals surface area contributed by atoms with E-state index in [1.54, 1.807) is 0 Å². The first-order valence-corrected chi connectivity index (χ1v) is 9.54. The zero-order valence-electron chi connectivity index (χ0n) is 11.8. The summed E-state index contributed by atoms with van der Waals surface area (Å²) in [5.41, 5.74) is 1.40. The lowest BCUT2D eigenvalue weighted by molar-refractivity contribution is 0.0511. The molecule has 20 heavy (non-hydrogen) atoms. The molecule has 108 valence electrons. The quantitative estimate of drug-likeness (QED) is 0.531. The Kier molecular flexibility index (Phi) is 4.29. The maximum atomic E-state index is 6.01. The summed E-state index contributed by atoms with van der Waals surface area (Å²) >= 11 is 9.42. The third kappa shape index (κ3) is 2.39. The SMILES string of the molecule is CC1OC(C)C(C(Br)c2csc3c(Br)cccc23)C1C. The summed E-state index contributed by atoms with van der Waals surface area (Å²) in [5, 5.41) is 3.64. The second-order valence-corrected chi connectivity index (χ2v) is 8.41. The van der Waals surface area contributed by atoms with Gasteiger partial charge in [-0.2, -0.15) is 0 Å². The van der Waals surface area contributed by atoms with Crippen molar-refractivity contribution in [2.75, 3.05) is 0 Å². The van der Waals surface area contributed by atoms with Crippen molar-refractivity contribution in [3.63, 3.8) is 0 Å². The van der Waals surface area contributed by atoms with Gasteiger partial charge in [0.2, 0.25) is 0 Å². The van der Waals surface area contributed by atoms with Gasteiger partial charge in [-0.15, -0.1) is 11.3 Å². The van der Waals surface area contributed by atoms with E-state index in [1.807, 2.05) is 11.3 Å². The van der Waals surface area contributed by atoms with Gasteiger partial charge in [0.05, 0.1) is 12.2 Å². The van der Waals surface area contributed by atoms with Crippen molar-refractivity contribution in [2.24, 2.45) is 11.8 Å². The first kappa shape index (κ1) is 15.0. The molecule has 0 N–H and O–H groups in total. The number of alkyl halides is 1. The molecule has 0 amide bonds. The van der Waals surface area contributed by atoms with Gasteiger partial charge in [0, 0.05) is 19.9 Å². The molecule has 0 bridgehead atoms. The van der Waals surface area contributed by atoms with Gasteiger partial charge in [0.25, 0.3) is 0 Å². The Hall–Kier alpha value is 0.100. The molecular weight excluding hydrogens is 400 g/mol. The molecule has 2 aromatic rings. The first-order valence-electron chi connectivity index (χ1n) is 6.96. The van der Waals surface area contributed by atoms with Crippen LogP contribution in [0.15, 0.2) is 28.1 Å². The Morgan fingerprint density at radius 3 is 2.60 bits per heavy atom. The number of thiophene rings is 1. The Labute approximate surface area is 141 Å². The summed E-state index contributed by atoms with van der Waals surface area (Å²) in [7, 11) is 0. The Balaban J connectivity index is 2.01. The monoisotopic (exact) mass is 416 g/mol. The molecule has 4 heteroatoms. The molecule has 0 spiro atoms. The molecule has 1 fully saturated rings. The minimum atomic E-state index is 0.298. The Bertz CT molecular complexity index is 624. The van der Waals surface area contributed by atoms with Crippen molar-refractivity contribution in [3.8, 4) is 0 Å². The first-order chi connectivity index (χ1) is 9.50. The maximum absolute atomic E-state index is 6.01. The van der Waals surface area contributed by atoms with Gasteiger partial charge in [-0.05, 0) is 58.1 Å². The molecule has 1 aliphatic heterocycles. The number of fused-ring (bicyclic) bond motifs is 1. The van der Waals surface area contributed by atoms with Crippen LogP contribution in [0.5, 0.6) is 0 Å². The highest BCUT2D eigenvalue weighted by Gasteiger charge is 2.41. The van der Waals surface area contributed by atoms with Crippen LogP contribution in [-0.2, 0) is 4.74 Å². The molecule has 1 aliphatic rings. The minimum absolute atomic E-state index is 0.298. The fourth-order valence-corrected chi connectivity index (χ4v) is 6.38. The van der Waals surface area contributed by atoms with Crippen molar-refractivity contribution in [1.29, 1.82) is 0 Å². The highest BCUT2D eigenvalue weighted by Crippen LogP contribution is 2.48. The van der Waals surface area contributed by atoms with Crippen LogP contribution >= 0.6 is 43.2 Å². The fourth-order valence-electron chi connectivity index (χ4n) is 3.26. The molecular formula is C16H18Br2OS. The predicted molar refractivity (Wildman–Crippen MR) is 93.9 cm³/mol. The normalized spacial score (nSPS) is 31.9. The lowest BCUT2D eigenvalue weighted by atomic mass is 9.84. The largest absolute Gasteiger partial charge is 0.375 e. The van der Waals surface area contributed by atoms with E-state index in [-0.39, 0.29) is 0 Å². The van der Waals surface area contributed by atoms with Crippen LogP contribution in [0, 0.1) is 11.8 Å². The van der Waals surface area contributed by atoms with Crippen LogP contribution in [0.4, 0.5) is 0 Å². The van der Waals surface area contributed by atoms with Gasteiger partial charge >= 0.3 is 0 Å². The van der Waals surface area contributed by atoms with Crippen molar-refractivity contribution in [2.45, 2.75) is 37.8 Å². The zero-order chi connectivity index (χ0) is 14.4. The van der Waals surface area contributed by atoms with Crippen molar-refractivity contribution >= 4 is 53.3 Å². The number of hydrogen-bond acceptors (Lipinski definition) is 2. The third-order valence-electron chi connectivity index (χ3n) is 4.54. The standard InChI is InChI=1S/C16H18Br2OS/c1-8-9(2)19-10(3)14(8)15(18)12-7-20-16-11(12)5-4-6-13(16)17/h4-10,14-15H,1-3H3. The number of rotatable bonds is 2. The highest BCUT2D eigenvalue weighted by molar-refractivity contribution is 9.10. The van der Waals surface area contributed by atoms with E-state index >= 15 is 0 Å². The topological polar surface area (TPSA) is 9.23 Å². The Morgan fingerprint density at radius 2 is 1.95 bits per heavy atom. The van der Waals surface area contributed by atoms with Crippen LogP contribution in [0.3, 0.4) is 0 Å². The molecule has 5 atom stereocenters. The van der Waals surface area contributed by atoms with Crippen LogP contribution in [0.25, 0.3) is 10.1 Å². The molecule has 1 aromatic carbocycles. The lowest BCUT2D eigenvalue weighted by Gasteiger charge is -2.24. The molecule has 0 radical (unpaired) electrons. The second kappa shape index (κ2) is 5.71. The van der Waals surface area contributed by atoms with E-state index < -0.39 is 0 Å². The smallest absolute Gasteiger partial charge is 0.0596 e. The summed E-state index contributed by atoms with van der Waals surface area (Å²) in [5.74, 6) is 1.08. The summed E-state index contributed by atoms with van der Waals surface area (Å²) in [6, 6.07) is 6.44. The highest BCUT2D eigenvalue weighted by atomic mass is 79.9. The van der Waals surface area contributed by atoms with E-state index in [1.165, 1.54) is 20.1 Å². The van der Waals surface area contributed by atoms with Gasteiger partial charge in [-0.25, -0.2) is 0 Å². The van der Waals surface area contributed by atoms with Gasteiger partial charge in [0.1, 0.15) is 0 Å². The summed E-state index contributed by atoms with van der Waals surface area (Å²) in [6.07, 6.45) is 0.637. The van der Waals surface area contributed by atoms with Gasteiger partial charge < -0.3 is 4.74 Å². The van der Waals surface area contributed by atoms with Crippen LogP contribution < -0.4 is 0 Å². The molecule has 5 unspecified atom stereocenters. The average Bonchev–Trinajstić information content (AvgIpc) is 2.93. The predicted octanol–water partition coefficient (Wildman–Crippen LogP) is 6.16. The van der Waals surface area contributed by atoms with Gasteiger partial charge in [0.15, 0.2) is 0 Å². The van der Waals surface area contributed by atoms with Gasteiger partial charge in [-0.1, -0.05) is 35.0 Å². The van der Waals surface area contributed by atoms with Crippen molar-refractivity contribution < 1.29 is 4.74 Å². The summed E-state index contributed by atoms with van der Waals surface area (Å²) < 4.78 is 8.52. The van der Waals surface area contributed by atoms with Crippen LogP contribution in [0.2, 0.25) is 0 Å². The molecule has 1 aromatic heterocycles. The second-order valence-electron chi connectivity index (χ2n) is 5.69. The molecule has 0 aliphatic carbocycles. The average molecular weight is 418 g/mol. The van der Waals surface area contributed by atoms with Crippen molar-refractivity contribution in [1.82, 2.24) is 0 Å². The van der Waals surface area contributed by atoms with E-state index in [4.69, 9.17) is 4.74 Å². The minimum Gasteiger partial charge on any atom is -0.375 e. The van der Waals surface area contributed by atoms with Crippen LogP contribution in [-0.4, -0.2) is 12.2 Å². The van der Waals surface area contributed by atoms with Crippen LogP contribution in [0.1, 0.15) is 31.2 Å². The molecule has 1 saturated heterocycles. The number of halogens is 2. The molecule has 1 nitrogen and oxygen atoms in total. The molecule has 2 heterocycles. The number of ether oxygens (including phenoxy) is 1. The van der Waals surface area contributed by atoms with E-state index in [0.29, 0.717) is 28.9 Å². The Morgan fingerprint density at radius 1 is 1.20 bits per heavy atom.